The first kappa shape index (κ1) is 8.79. The summed E-state index contributed by atoms with van der Waals surface area (Å²) in [5, 5.41) is 8.58. The summed E-state index contributed by atoms with van der Waals surface area (Å²) in [4.78, 5) is 0. The van der Waals surface area contributed by atoms with Crippen LogP contribution in [0.25, 0.3) is 0 Å². The van der Waals surface area contributed by atoms with Crippen LogP contribution in [0.4, 0.5) is 0 Å². The largest absolute Gasteiger partial charge is 0.365 e. The molecule has 0 saturated carbocycles. The van der Waals surface area contributed by atoms with Crippen molar-refractivity contribution in [2.75, 3.05) is 7.11 Å². The molecule has 0 aromatic carbocycles. The molecule has 0 spiro atoms. The monoisotopic (exact) mass is 178 g/mol. The molecule has 0 saturated heterocycles. The van der Waals surface area contributed by atoms with Gasteiger partial charge in [0.05, 0.1) is 0 Å². The third-order valence-electron chi connectivity index (χ3n) is 0.503. The van der Waals surface area contributed by atoms with Gasteiger partial charge in [0.15, 0.2) is 0 Å². The van der Waals surface area contributed by atoms with Crippen molar-refractivity contribution in [3.05, 3.63) is 0 Å². The second-order valence-corrected chi connectivity index (χ2v) is 3.50. The molecule has 0 heterocycles. The molecule has 1 unspecified atom stereocenters. The summed E-state index contributed by atoms with van der Waals surface area (Å²) in [6.45, 7) is 0. The second kappa shape index (κ2) is 3.08. The van der Waals surface area contributed by atoms with Crippen LogP contribution < -0.4 is 0 Å². The molecule has 1 atom stereocenters. The molecule has 0 aliphatic heterocycles. The summed E-state index contributed by atoms with van der Waals surface area (Å²) in [6.07, 6.45) is -1.35. The maximum Gasteiger partial charge on any atom is 0.240 e. The average molecular weight is 179 g/mol. The number of aliphatic hydroxyl groups is 1. The van der Waals surface area contributed by atoms with Crippen LogP contribution in [-0.2, 0) is 4.74 Å². The highest BCUT2D eigenvalue weighted by atomic mass is 35.6. The Morgan fingerprint density at radius 3 is 1.88 bits per heavy atom. The zero-order valence-electron chi connectivity index (χ0n) is 4.07. The fourth-order valence-corrected chi connectivity index (χ4v) is 0.401. The molecule has 0 fully saturated rings. The molecule has 0 aromatic heterocycles. The average Bonchev–Trinajstić information content (AvgIpc) is 1.62. The Balaban J connectivity index is 3.62. The number of halogens is 3. The van der Waals surface area contributed by atoms with Crippen molar-refractivity contribution in [2.24, 2.45) is 0 Å². The van der Waals surface area contributed by atoms with Crippen molar-refractivity contribution >= 4 is 34.8 Å². The van der Waals surface area contributed by atoms with Crippen LogP contribution >= 0.6 is 34.8 Å². The van der Waals surface area contributed by atoms with Crippen LogP contribution in [0.3, 0.4) is 0 Å². The van der Waals surface area contributed by atoms with Crippen molar-refractivity contribution in [2.45, 2.75) is 10.1 Å². The van der Waals surface area contributed by atoms with Gasteiger partial charge in [-0.05, 0) is 0 Å². The Morgan fingerprint density at radius 2 is 1.88 bits per heavy atom. The molecule has 0 amide bonds. The zero-order valence-corrected chi connectivity index (χ0v) is 6.33. The lowest BCUT2D eigenvalue weighted by Gasteiger charge is -2.15. The van der Waals surface area contributed by atoms with Gasteiger partial charge < -0.3 is 9.84 Å². The standard InChI is InChI=1S/C3H5Cl3O2/c1-8-2(7)3(4,5)6/h2,7H,1H3. The number of hydrogen-bond donors (Lipinski definition) is 1. The predicted octanol–water partition coefficient (Wildman–Crippen LogP) is 1.32. The van der Waals surface area contributed by atoms with Crippen LogP contribution in [-0.4, -0.2) is 22.3 Å². The number of rotatable bonds is 1. The number of alkyl halides is 3. The summed E-state index contributed by atoms with van der Waals surface area (Å²) >= 11 is 15.4. The Kier molecular flexibility index (Phi) is 3.39. The van der Waals surface area contributed by atoms with E-state index in [0.717, 1.165) is 0 Å². The van der Waals surface area contributed by atoms with Gasteiger partial charge in [0, 0.05) is 7.11 Å². The van der Waals surface area contributed by atoms with E-state index in [-0.39, 0.29) is 0 Å². The van der Waals surface area contributed by atoms with Crippen LogP contribution in [0.5, 0.6) is 0 Å². The molecule has 8 heavy (non-hydrogen) atoms. The normalized spacial score (nSPS) is 16.1. The molecule has 50 valence electrons. The third kappa shape index (κ3) is 2.95. The molecule has 0 bridgehead atoms. The lowest BCUT2D eigenvalue weighted by atomic mass is 10.7. The van der Waals surface area contributed by atoms with Crippen LogP contribution in [0.1, 0.15) is 0 Å². The summed E-state index contributed by atoms with van der Waals surface area (Å²) in [5.41, 5.74) is 0. The van der Waals surface area contributed by atoms with Gasteiger partial charge in [0.2, 0.25) is 10.1 Å². The van der Waals surface area contributed by atoms with E-state index in [1.165, 1.54) is 7.11 Å². The molecular weight excluding hydrogens is 174 g/mol. The molecule has 2 nitrogen and oxygen atoms in total. The van der Waals surface area contributed by atoms with Crippen LogP contribution in [0.15, 0.2) is 0 Å². The van der Waals surface area contributed by atoms with Crippen molar-refractivity contribution in [1.29, 1.82) is 0 Å². The van der Waals surface area contributed by atoms with Gasteiger partial charge in [0.25, 0.3) is 0 Å². The van der Waals surface area contributed by atoms with E-state index in [2.05, 4.69) is 4.74 Å². The molecular formula is C3H5Cl3O2. The molecule has 5 heteroatoms. The Hall–Kier alpha value is 0.790. The van der Waals surface area contributed by atoms with E-state index in [0.29, 0.717) is 0 Å². The van der Waals surface area contributed by atoms with Gasteiger partial charge in [-0.1, -0.05) is 34.8 Å². The SMILES string of the molecule is COC(O)C(Cl)(Cl)Cl. The summed E-state index contributed by atoms with van der Waals surface area (Å²) in [6, 6.07) is 0. The van der Waals surface area contributed by atoms with Gasteiger partial charge in [-0.15, -0.1) is 0 Å². The number of hydrogen-bond acceptors (Lipinski definition) is 2. The maximum absolute atomic E-state index is 8.58. The highest BCUT2D eigenvalue weighted by Gasteiger charge is 2.30. The highest BCUT2D eigenvalue weighted by molar-refractivity contribution is 6.67. The number of methoxy groups -OCH3 is 1. The minimum atomic E-state index is -1.74. The van der Waals surface area contributed by atoms with E-state index in [1.54, 1.807) is 0 Å². The van der Waals surface area contributed by atoms with Crippen molar-refractivity contribution in [3.63, 3.8) is 0 Å². The Morgan fingerprint density at radius 1 is 1.50 bits per heavy atom. The van der Waals surface area contributed by atoms with Crippen LogP contribution in [0.2, 0.25) is 0 Å². The Bertz CT molecular complexity index is 69.4. The summed E-state index contributed by atoms with van der Waals surface area (Å²) in [5.74, 6) is 0. The number of ether oxygens (including phenoxy) is 1. The minimum absolute atomic E-state index is 1.24. The lowest BCUT2D eigenvalue weighted by molar-refractivity contribution is -0.0696. The molecule has 1 N–H and O–H groups in total. The molecule has 0 aromatic rings. The van der Waals surface area contributed by atoms with Gasteiger partial charge in [-0.3, -0.25) is 0 Å². The predicted molar refractivity (Wildman–Crippen MR) is 33.3 cm³/mol. The molecule has 0 radical (unpaired) electrons. The molecule has 0 rings (SSSR count). The van der Waals surface area contributed by atoms with Crippen molar-refractivity contribution in [3.8, 4) is 0 Å². The van der Waals surface area contributed by atoms with Crippen molar-refractivity contribution in [1.82, 2.24) is 0 Å². The van der Waals surface area contributed by atoms with Crippen molar-refractivity contribution < 1.29 is 9.84 Å². The Labute approximate surface area is 62.3 Å². The quantitative estimate of drug-likeness (QED) is 0.486. The summed E-state index contributed by atoms with van der Waals surface area (Å²) in [7, 11) is 1.24. The van der Waals surface area contributed by atoms with E-state index < -0.39 is 10.1 Å². The first-order valence-electron chi connectivity index (χ1n) is 1.76. The van der Waals surface area contributed by atoms with E-state index in [1.807, 2.05) is 0 Å². The van der Waals surface area contributed by atoms with Gasteiger partial charge in [-0.25, -0.2) is 0 Å². The first-order chi connectivity index (χ1) is 3.48. The molecule has 0 aliphatic rings. The van der Waals surface area contributed by atoms with Crippen LogP contribution in [0, 0.1) is 0 Å². The van der Waals surface area contributed by atoms with Gasteiger partial charge in [0.1, 0.15) is 0 Å². The van der Waals surface area contributed by atoms with E-state index in [4.69, 9.17) is 39.9 Å². The minimum Gasteiger partial charge on any atom is -0.365 e. The van der Waals surface area contributed by atoms with E-state index >= 15 is 0 Å². The fourth-order valence-electron chi connectivity index (χ4n) is 0.134. The van der Waals surface area contributed by atoms with E-state index in [9.17, 15) is 0 Å². The third-order valence-corrected chi connectivity index (χ3v) is 1.06. The highest BCUT2D eigenvalue weighted by Crippen LogP contribution is 2.30. The smallest absolute Gasteiger partial charge is 0.240 e. The number of aliphatic hydroxyl groups excluding tert-OH is 1. The first-order valence-corrected chi connectivity index (χ1v) is 2.89. The topological polar surface area (TPSA) is 29.5 Å². The summed E-state index contributed by atoms with van der Waals surface area (Å²) < 4.78 is 2.53. The maximum atomic E-state index is 8.58. The zero-order chi connectivity index (χ0) is 6.78. The van der Waals surface area contributed by atoms with Gasteiger partial charge in [-0.2, -0.15) is 0 Å². The molecule has 0 aliphatic carbocycles. The fraction of sp³-hybridized carbons (Fsp3) is 1.00. The lowest BCUT2D eigenvalue weighted by Crippen LogP contribution is -2.26. The van der Waals surface area contributed by atoms with Gasteiger partial charge >= 0.3 is 0 Å². The second-order valence-electron chi connectivity index (χ2n) is 1.13.